The molecule has 5 rings (SSSR count). The zero-order valence-electron chi connectivity index (χ0n) is 31.0. The van der Waals surface area contributed by atoms with Gasteiger partial charge in [0.05, 0.1) is 44.2 Å². The Bertz CT molecular complexity index is 2370. The number of carbonyl (C=O) groups excluding carboxylic acids is 1. The molecule has 292 valence electrons. The Hall–Kier alpha value is -4.72. The second-order valence-corrected chi connectivity index (χ2v) is 17.4. The number of nitrogens with zero attached hydrogens (tertiary/aromatic N) is 2. The van der Waals surface area contributed by atoms with E-state index in [-0.39, 0.29) is 49.8 Å². The number of sulfone groups is 1. The fourth-order valence-electron chi connectivity index (χ4n) is 6.40. The smallest absolute Gasteiger partial charge is 0.262 e. The number of para-hydroxylation sites is 2. The minimum absolute atomic E-state index is 0.0649. The zero-order chi connectivity index (χ0) is 39.4. The molecule has 0 bridgehead atoms. The molecular weight excluding hydrogens is 760 g/mol. The Balaban J connectivity index is 1.52. The topological polar surface area (TPSA) is 154 Å². The highest BCUT2D eigenvalue weighted by Crippen LogP contribution is 2.34. The summed E-state index contributed by atoms with van der Waals surface area (Å²) in [4.78, 5) is 32.9. The molecule has 0 saturated heterocycles. The lowest BCUT2D eigenvalue weighted by molar-refractivity contribution is -0.116. The number of unbranched alkanes of at least 4 members (excludes halogenated alkanes) is 9. The van der Waals surface area contributed by atoms with Crippen LogP contribution in [0.1, 0.15) is 82.2 Å². The summed E-state index contributed by atoms with van der Waals surface area (Å²) >= 11 is 6.20. The zero-order valence-corrected chi connectivity index (χ0v) is 33.4. The van der Waals surface area contributed by atoms with E-state index in [1.165, 1.54) is 92.3 Å². The minimum Gasteiger partial charge on any atom is -0.495 e. The van der Waals surface area contributed by atoms with Crippen molar-refractivity contribution < 1.29 is 26.4 Å². The summed E-state index contributed by atoms with van der Waals surface area (Å²) in [5.74, 6) is -1.24. The molecule has 0 aliphatic heterocycles. The predicted octanol–water partition coefficient (Wildman–Crippen LogP) is 8.93. The first-order valence-electron chi connectivity index (χ1n) is 18.5. The van der Waals surface area contributed by atoms with Crippen LogP contribution in [0.2, 0.25) is 5.02 Å². The predicted molar refractivity (Wildman–Crippen MR) is 218 cm³/mol. The van der Waals surface area contributed by atoms with Crippen molar-refractivity contribution in [1.82, 2.24) is 9.55 Å². The Labute approximate surface area is 328 Å². The van der Waals surface area contributed by atoms with Crippen LogP contribution in [-0.2, 0) is 31.2 Å². The van der Waals surface area contributed by atoms with Crippen molar-refractivity contribution >= 4 is 59.6 Å². The van der Waals surface area contributed by atoms with Crippen LogP contribution in [-0.4, -0.2) is 39.4 Å². The van der Waals surface area contributed by atoms with Crippen LogP contribution in [0.15, 0.2) is 112 Å². The SMILES string of the molecule is CCCCCCCCCCCCn1c(C(C(=O)Nc2cc(S(=O)(=O)Nc3ccccc3Cl)ccc2OC)S(=O)(=O)c2ccccc2)nc2ccccc2c1=O. The lowest BCUT2D eigenvalue weighted by Crippen LogP contribution is -2.36. The second-order valence-electron chi connectivity index (χ2n) is 13.3. The Morgan fingerprint density at radius 1 is 0.764 bits per heavy atom. The average molecular weight is 807 g/mol. The minimum atomic E-state index is -4.56. The van der Waals surface area contributed by atoms with Gasteiger partial charge in [-0.15, -0.1) is 0 Å². The van der Waals surface area contributed by atoms with E-state index in [2.05, 4.69) is 21.9 Å². The second kappa shape index (κ2) is 19.2. The van der Waals surface area contributed by atoms with Gasteiger partial charge in [0.25, 0.3) is 21.5 Å². The quantitative estimate of drug-likeness (QED) is 0.0740. The number of aromatic nitrogens is 2. The van der Waals surface area contributed by atoms with Gasteiger partial charge in [-0.1, -0.05) is 119 Å². The van der Waals surface area contributed by atoms with E-state index in [1.54, 1.807) is 42.5 Å². The molecule has 0 aliphatic carbocycles. The third-order valence-electron chi connectivity index (χ3n) is 9.34. The largest absolute Gasteiger partial charge is 0.495 e. The summed E-state index contributed by atoms with van der Waals surface area (Å²) in [7, 11) is -7.47. The molecular formula is C41H47ClN4O7S2. The molecule has 0 saturated carbocycles. The summed E-state index contributed by atoms with van der Waals surface area (Å²) in [5, 5.41) is 1.06. The normalized spacial score (nSPS) is 12.3. The van der Waals surface area contributed by atoms with Crippen molar-refractivity contribution in [3.05, 3.63) is 118 Å². The van der Waals surface area contributed by atoms with Crippen LogP contribution >= 0.6 is 11.6 Å². The first-order chi connectivity index (χ1) is 26.5. The molecule has 55 heavy (non-hydrogen) atoms. The lowest BCUT2D eigenvalue weighted by atomic mass is 10.1. The summed E-state index contributed by atoms with van der Waals surface area (Å²) in [6.07, 6.45) is 10.6. The van der Waals surface area contributed by atoms with Crippen molar-refractivity contribution in [3.63, 3.8) is 0 Å². The molecule has 1 heterocycles. The summed E-state index contributed by atoms with van der Waals surface area (Å²) in [6.45, 7) is 2.34. The van der Waals surface area contributed by atoms with Gasteiger partial charge in [0.15, 0.2) is 9.84 Å². The molecule has 1 atom stereocenters. The van der Waals surface area contributed by atoms with E-state index in [4.69, 9.17) is 16.3 Å². The number of carbonyl (C=O) groups is 1. The van der Waals surface area contributed by atoms with E-state index in [9.17, 15) is 26.4 Å². The van der Waals surface area contributed by atoms with Crippen molar-refractivity contribution in [2.24, 2.45) is 0 Å². The van der Waals surface area contributed by atoms with Crippen LogP contribution in [0.5, 0.6) is 5.75 Å². The number of amides is 1. The number of benzene rings is 4. The van der Waals surface area contributed by atoms with Gasteiger partial charge in [-0.3, -0.25) is 18.9 Å². The summed E-state index contributed by atoms with van der Waals surface area (Å²) < 4.78 is 65.2. The molecule has 2 N–H and O–H groups in total. The van der Waals surface area contributed by atoms with Gasteiger partial charge < -0.3 is 10.1 Å². The summed E-state index contributed by atoms with van der Waals surface area (Å²) in [6, 6.07) is 24.1. The van der Waals surface area contributed by atoms with Gasteiger partial charge in [-0.2, -0.15) is 0 Å². The fourth-order valence-corrected chi connectivity index (χ4v) is 9.35. The molecule has 1 aromatic heterocycles. The van der Waals surface area contributed by atoms with Crippen LogP contribution in [0, 0.1) is 0 Å². The molecule has 0 spiro atoms. The summed E-state index contributed by atoms with van der Waals surface area (Å²) in [5.41, 5.74) is -0.206. The number of halogens is 1. The number of anilines is 2. The van der Waals surface area contributed by atoms with E-state index in [1.807, 2.05) is 0 Å². The van der Waals surface area contributed by atoms with Crippen LogP contribution in [0.3, 0.4) is 0 Å². The van der Waals surface area contributed by atoms with Gasteiger partial charge in [0, 0.05) is 6.54 Å². The molecule has 1 amide bonds. The van der Waals surface area contributed by atoms with Gasteiger partial charge >= 0.3 is 0 Å². The number of methoxy groups -OCH3 is 1. The first kappa shape index (κ1) is 41.4. The Kier molecular flexibility index (Phi) is 14.5. The number of nitrogens with one attached hydrogen (secondary N) is 2. The van der Waals surface area contributed by atoms with Crippen LogP contribution < -0.4 is 20.3 Å². The van der Waals surface area contributed by atoms with Gasteiger partial charge in [0.2, 0.25) is 5.25 Å². The maximum atomic E-state index is 14.6. The van der Waals surface area contributed by atoms with Crippen molar-refractivity contribution in [3.8, 4) is 5.75 Å². The molecule has 5 aromatic rings. The van der Waals surface area contributed by atoms with E-state index >= 15 is 0 Å². The number of rotatable bonds is 20. The van der Waals surface area contributed by atoms with Gasteiger partial charge in [-0.25, -0.2) is 21.8 Å². The van der Waals surface area contributed by atoms with E-state index < -0.39 is 36.6 Å². The molecule has 0 fully saturated rings. The van der Waals surface area contributed by atoms with Crippen molar-refractivity contribution in [2.45, 2.75) is 92.7 Å². The monoisotopic (exact) mass is 806 g/mol. The Morgan fingerprint density at radius 3 is 2.05 bits per heavy atom. The van der Waals surface area contributed by atoms with Gasteiger partial charge in [0.1, 0.15) is 11.6 Å². The van der Waals surface area contributed by atoms with Crippen molar-refractivity contribution in [2.75, 3.05) is 17.1 Å². The lowest BCUT2D eigenvalue weighted by Gasteiger charge is -2.22. The third kappa shape index (κ3) is 10.3. The molecule has 14 heteroatoms. The first-order valence-corrected chi connectivity index (χ1v) is 21.9. The molecule has 4 aromatic carbocycles. The highest BCUT2D eigenvalue weighted by Gasteiger charge is 2.40. The maximum absolute atomic E-state index is 14.6. The Morgan fingerprint density at radius 2 is 1.38 bits per heavy atom. The van der Waals surface area contributed by atoms with Crippen molar-refractivity contribution in [1.29, 1.82) is 0 Å². The molecule has 0 radical (unpaired) electrons. The van der Waals surface area contributed by atoms with Crippen LogP contribution in [0.4, 0.5) is 11.4 Å². The standard InChI is InChI=1S/C41H47ClN4O7S2/c1-3-4-5-6-7-8-9-10-11-19-28-46-39(43-34-24-17-15-22-32(34)41(46)48)38(54(49,50)30-20-13-12-14-21-30)40(47)44-36-29-31(26-27-37(36)53-2)55(51,52)45-35-25-18-16-23-33(35)42/h12-18,20-27,29,38,45H,3-11,19,28H2,1-2H3,(H,44,47). The highest BCUT2D eigenvalue weighted by atomic mass is 35.5. The number of fused-ring (bicyclic) bond motifs is 1. The van der Waals surface area contributed by atoms with E-state index in [0.29, 0.717) is 11.8 Å². The van der Waals surface area contributed by atoms with Gasteiger partial charge in [-0.05, 0) is 61.0 Å². The number of hydrogen-bond acceptors (Lipinski definition) is 8. The van der Waals surface area contributed by atoms with E-state index in [0.717, 1.165) is 31.7 Å². The fraction of sp³-hybridized carbons (Fsp3) is 0.341. The number of ether oxygens (including phenoxy) is 1. The number of sulfonamides is 1. The molecule has 1 unspecified atom stereocenters. The number of hydrogen-bond donors (Lipinski definition) is 2. The molecule has 0 aliphatic rings. The highest BCUT2D eigenvalue weighted by molar-refractivity contribution is 7.93. The maximum Gasteiger partial charge on any atom is 0.262 e. The molecule has 11 nitrogen and oxygen atoms in total. The average Bonchev–Trinajstić information content (AvgIpc) is 3.17. The van der Waals surface area contributed by atoms with Crippen LogP contribution in [0.25, 0.3) is 10.9 Å². The third-order valence-corrected chi connectivity index (χ3v) is 13.0.